The largest absolute Gasteiger partial charge is 0.462 e. The zero-order valence-electron chi connectivity index (χ0n) is 34.7. The molecule has 4 N–H and O–H groups in total. The number of esters is 2. The molecule has 0 spiro atoms. The number of aliphatic hydroxyl groups is 3. The summed E-state index contributed by atoms with van der Waals surface area (Å²) >= 11 is 0. The predicted octanol–water partition coefficient (Wildman–Crippen LogP) is 8.45. The number of hydrogen-bond donors (Lipinski definition) is 4. The molecule has 1 aliphatic heterocycles. The van der Waals surface area contributed by atoms with Crippen molar-refractivity contribution < 1.29 is 56.8 Å². The molecule has 0 bridgehead atoms. The Labute approximate surface area is 338 Å². The van der Waals surface area contributed by atoms with Crippen LogP contribution in [-0.4, -0.2) is 96.0 Å². The third-order valence-corrected chi connectivity index (χ3v) is 10.8. The number of ether oxygens (including phenoxy) is 4. The van der Waals surface area contributed by atoms with Gasteiger partial charge in [-0.3, -0.25) is 14.1 Å². The highest BCUT2D eigenvalue weighted by molar-refractivity contribution is 7.85. The van der Waals surface area contributed by atoms with Gasteiger partial charge in [0.05, 0.1) is 6.61 Å². The van der Waals surface area contributed by atoms with Crippen molar-refractivity contribution in [3.8, 4) is 0 Å². The van der Waals surface area contributed by atoms with Gasteiger partial charge in [-0.05, 0) is 57.8 Å². The van der Waals surface area contributed by atoms with Gasteiger partial charge in [0, 0.05) is 12.8 Å². The number of aliphatic hydroxyl groups excluding tert-OH is 3. The van der Waals surface area contributed by atoms with E-state index in [0.717, 1.165) is 64.2 Å². The van der Waals surface area contributed by atoms with Crippen molar-refractivity contribution in [2.75, 3.05) is 19.0 Å². The Hall–Kier alpha value is -1.87. The number of carbonyl (C=O) groups is 2. The van der Waals surface area contributed by atoms with Gasteiger partial charge in [-0.15, -0.1) is 0 Å². The minimum absolute atomic E-state index is 0.154. The van der Waals surface area contributed by atoms with Gasteiger partial charge in [-0.25, -0.2) is 0 Å². The van der Waals surface area contributed by atoms with Crippen LogP contribution in [0.15, 0.2) is 24.3 Å². The van der Waals surface area contributed by atoms with Crippen molar-refractivity contribution >= 4 is 22.1 Å². The van der Waals surface area contributed by atoms with Crippen LogP contribution in [0.1, 0.15) is 181 Å². The summed E-state index contributed by atoms with van der Waals surface area (Å²) in [4.78, 5) is 25.3. The standard InChI is InChI=1S/C43H78O12S/c1-3-5-7-9-11-13-15-16-17-18-19-20-22-23-25-27-29-31-38(44)52-33-36(54-39(45)32-30-28-26-24-21-14-12-10-8-6-4-2)34-53-43-42(48)41(47)40(46)37(55-43)35-56(49,50)51/h10,12,16-17,36-37,40-43,46-48H,3-9,11,13-15,18-35H2,1-2H3,(H,49,50,51)/b12-10+,17-16+/t36-,37-,40-,41?,42?,43+/m1/s1. The van der Waals surface area contributed by atoms with E-state index in [9.17, 15) is 37.9 Å². The summed E-state index contributed by atoms with van der Waals surface area (Å²) in [7, 11) is -4.60. The van der Waals surface area contributed by atoms with E-state index in [1.807, 2.05) is 0 Å². The molecule has 1 saturated heterocycles. The minimum atomic E-state index is -4.60. The van der Waals surface area contributed by atoms with Crippen molar-refractivity contribution in [1.82, 2.24) is 0 Å². The van der Waals surface area contributed by atoms with Crippen LogP contribution >= 0.6 is 0 Å². The van der Waals surface area contributed by atoms with Crippen molar-refractivity contribution in [3.63, 3.8) is 0 Å². The lowest BCUT2D eigenvalue weighted by molar-refractivity contribution is -0.297. The van der Waals surface area contributed by atoms with Crippen LogP contribution in [0.5, 0.6) is 0 Å². The lowest BCUT2D eigenvalue weighted by Gasteiger charge is -2.40. The molecule has 1 aliphatic rings. The van der Waals surface area contributed by atoms with Gasteiger partial charge in [0.25, 0.3) is 10.1 Å². The Kier molecular flexibility index (Phi) is 31.7. The fourth-order valence-electron chi connectivity index (χ4n) is 6.53. The predicted molar refractivity (Wildman–Crippen MR) is 220 cm³/mol. The van der Waals surface area contributed by atoms with Crippen LogP contribution in [0, 0.1) is 0 Å². The number of allylic oxidation sites excluding steroid dienone is 4. The first-order valence-electron chi connectivity index (χ1n) is 21.9. The van der Waals surface area contributed by atoms with Crippen LogP contribution in [-0.2, 0) is 38.7 Å². The third-order valence-electron chi connectivity index (χ3n) is 10.0. The summed E-state index contributed by atoms with van der Waals surface area (Å²) in [5, 5.41) is 30.8. The Balaban J connectivity index is 2.44. The van der Waals surface area contributed by atoms with E-state index < -0.39 is 71.2 Å². The zero-order valence-corrected chi connectivity index (χ0v) is 35.6. The minimum Gasteiger partial charge on any atom is -0.462 e. The van der Waals surface area contributed by atoms with E-state index in [-0.39, 0.29) is 19.4 Å². The zero-order chi connectivity index (χ0) is 41.3. The van der Waals surface area contributed by atoms with E-state index in [0.29, 0.717) is 12.8 Å². The topological polar surface area (TPSA) is 186 Å². The molecule has 328 valence electrons. The number of carbonyl (C=O) groups excluding carboxylic acids is 2. The van der Waals surface area contributed by atoms with Gasteiger partial charge in [-0.1, -0.05) is 134 Å². The van der Waals surface area contributed by atoms with Crippen molar-refractivity contribution in [1.29, 1.82) is 0 Å². The molecule has 0 saturated carbocycles. The van der Waals surface area contributed by atoms with E-state index in [4.69, 9.17) is 18.9 Å². The van der Waals surface area contributed by atoms with Crippen molar-refractivity contribution in [2.45, 2.75) is 218 Å². The maximum Gasteiger partial charge on any atom is 0.306 e. The molecule has 0 aromatic rings. The van der Waals surface area contributed by atoms with Crippen LogP contribution in [0.4, 0.5) is 0 Å². The maximum absolute atomic E-state index is 12.7. The third kappa shape index (κ3) is 28.5. The molecule has 13 heteroatoms. The molecule has 56 heavy (non-hydrogen) atoms. The number of unbranched alkanes of at least 4 members (excludes halogenated alkanes) is 20. The normalized spacial score (nSPS) is 20.9. The summed E-state index contributed by atoms with van der Waals surface area (Å²) in [6.45, 7) is 3.70. The Morgan fingerprint density at radius 2 is 1.04 bits per heavy atom. The van der Waals surface area contributed by atoms with E-state index in [1.165, 1.54) is 77.0 Å². The molecule has 6 atom stereocenters. The van der Waals surface area contributed by atoms with Crippen molar-refractivity contribution in [2.24, 2.45) is 0 Å². The fourth-order valence-corrected chi connectivity index (χ4v) is 7.22. The van der Waals surface area contributed by atoms with Gasteiger partial charge in [0.1, 0.15) is 36.8 Å². The fraction of sp³-hybridized carbons (Fsp3) is 0.860. The van der Waals surface area contributed by atoms with E-state index >= 15 is 0 Å². The average Bonchev–Trinajstić information content (AvgIpc) is 3.16. The lowest BCUT2D eigenvalue weighted by atomic mass is 10.00. The second-order valence-electron chi connectivity index (χ2n) is 15.4. The van der Waals surface area contributed by atoms with Gasteiger partial charge >= 0.3 is 11.9 Å². The smallest absolute Gasteiger partial charge is 0.306 e. The van der Waals surface area contributed by atoms with Gasteiger partial charge in [-0.2, -0.15) is 8.42 Å². The van der Waals surface area contributed by atoms with E-state index in [2.05, 4.69) is 38.2 Å². The number of rotatable bonds is 36. The molecule has 0 aliphatic carbocycles. The molecule has 0 radical (unpaired) electrons. The molecule has 1 heterocycles. The van der Waals surface area contributed by atoms with Gasteiger partial charge in [0.15, 0.2) is 12.4 Å². The Bertz CT molecular complexity index is 1140. The highest BCUT2D eigenvalue weighted by Crippen LogP contribution is 2.24. The molecule has 0 aromatic carbocycles. The van der Waals surface area contributed by atoms with Crippen LogP contribution in [0.2, 0.25) is 0 Å². The first-order valence-corrected chi connectivity index (χ1v) is 23.5. The summed E-state index contributed by atoms with van der Waals surface area (Å²) in [5.74, 6) is -2.00. The quantitative estimate of drug-likeness (QED) is 0.0205. The monoisotopic (exact) mass is 819 g/mol. The molecular formula is C43H78O12S. The van der Waals surface area contributed by atoms with Crippen LogP contribution in [0.3, 0.4) is 0 Å². The number of hydrogen-bond acceptors (Lipinski definition) is 11. The van der Waals surface area contributed by atoms with Crippen LogP contribution < -0.4 is 0 Å². The SMILES string of the molecule is CCCC/C=C/CCCCCCCC(=O)O[C@H](COC(=O)CCCCCCCCC/C=C/CCCCCCCC)CO[C@H]1O[C@H](CS(=O)(=O)O)[C@@H](O)C(O)C1O. The summed E-state index contributed by atoms with van der Waals surface area (Å²) < 4.78 is 53.9. The summed E-state index contributed by atoms with van der Waals surface area (Å²) in [6, 6.07) is 0. The molecule has 2 unspecified atom stereocenters. The Morgan fingerprint density at radius 3 is 1.54 bits per heavy atom. The maximum atomic E-state index is 12.7. The highest BCUT2D eigenvalue weighted by atomic mass is 32.2. The van der Waals surface area contributed by atoms with Gasteiger partial charge in [0.2, 0.25) is 0 Å². The average molecular weight is 819 g/mol. The van der Waals surface area contributed by atoms with Crippen molar-refractivity contribution in [3.05, 3.63) is 24.3 Å². The molecule has 0 amide bonds. The molecule has 1 fully saturated rings. The van der Waals surface area contributed by atoms with Crippen LogP contribution in [0.25, 0.3) is 0 Å². The van der Waals surface area contributed by atoms with E-state index in [1.54, 1.807) is 0 Å². The first-order chi connectivity index (χ1) is 27.0. The van der Waals surface area contributed by atoms with Gasteiger partial charge < -0.3 is 34.3 Å². The lowest BCUT2D eigenvalue weighted by Crippen LogP contribution is -2.60. The molecule has 12 nitrogen and oxygen atoms in total. The summed E-state index contributed by atoms with van der Waals surface area (Å²) in [6.07, 6.45) is 26.6. The first kappa shape index (κ1) is 52.1. The molecule has 1 rings (SSSR count). The highest BCUT2D eigenvalue weighted by Gasteiger charge is 2.46. The molecular weight excluding hydrogens is 741 g/mol. The Morgan fingerprint density at radius 1 is 0.589 bits per heavy atom. The molecule has 0 aromatic heterocycles. The second-order valence-corrected chi connectivity index (χ2v) is 16.9. The second kappa shape index (κ2) is 34.0. The summed E-state index contributed by atoms with van der Waals surface area (Å²) in [5.41, 5.74) is 0.